The van der Waals surface area contributed by atoms with Gasteiger partial charge in [-0.25, -0.2) is 0 Å². The molecule has 102 valence electrons. The molecule has 0 unspecified atom stereocenters. The Kier molecular flexibility index (Phi) is 8.63. The van der Waals surface area contributed by atoms with E-state index in [2.05, 4.69) is 0 Å². The largest absolute Gasteiger partial charge is 1.00 e. The molecule has 2 rings (SSSR count). The molecule has 0 bridgehead atoms. The normalized spacial score (nSPS) is 10.0. The number of anilines is 2. The van der Waals surface area contributed by atoms with E-state index in [-0.39, 0.29) is 29.6 Å². The van der Waals surface area contributed by atoms with Crippen LogP contribution in [0.3, 0.4) is 0 Å². The summed E-state index contributed by atoms with van der Waals surface area (Å²) in [7, 11) is 0. The second-order valence-electron chi connectivity index (χ2n) is 3.62. The van der Waals surface area contributed by atoms with Gasteiger partial charge in [-0.05, 0) is 35.4 Å². The van der Waals surface area contributed by atoms with E-state index in [0.29, 0.717) is 0 Å². The first kappa shape index (κ1) is 19.6. The number of rotatable bonds is 1. The van der Waals surface area contributed by atoms with Crippen LogP contribution in [0.25, 0.3) is 11.1 Å². The van der Waals surface area contributed by atoms with Crippen LogP contribution in [0.4, 0.5) is 11.4 Å². The molecule has 2 aromatic carbocycles. The zero-order valence-electron chi connectivity index (χ0n) is 10.8. The van der Waals surface area contributed by atoms with Crippen LogP contribution in [-0.4, -0.2) is 0 Å². The second kappa shape index (κ2) is 8.80. The molecule has 2 aromatic rings. The van der Waals surface area contributed by atoms with Gasteiger partial charge in [-0.3, -0.25) is 13.7 Å². The fraction of sp³-hybridized carbons (Fsp3) is 0. The standard InChI is InChI=1S/C12H12N2.IO4.Na/c13-11-5-1-9(2-6-11)10-3-7-12(14)8-4-10;2-1(3,4)5;/h1-8H,13-14H2;;/q;-1;+1. The molecule has 0 atom stereocenters. The molecule has 0 spiro atoms. The summed E-state index contributed by atoms with van der Waals surface area (Å²) in [5.74, 6) is 0. The van der Waals surface area contributed by atoms with Crippen LogP contribution in [-0.2, 0) is 0 Å². The Morgan fingerprint density at radius 3 is 1.00 bits per heavy atom. The van der Waals surface area contributed by atoms with Gasteiger partial charge in [0.1, 0.15) is 20.1 Å². The molecule has 0 saturated heterocycles. The van der Waals surface area contributed by atoms with Gasteiger partial charge in [-0.1, -0.05) is 24.3 Å². The third-order valence-corrected chi connectivity index (χ3v) is 2.15. The van der Waals surface area contributed by atoms with E-state index in [1.807, 2.05) is 48.5 Å². The van der Waals surface area contributed by atoms with Gasteiger partial charge in [-0.15, -0.1) is 0 Å². The number of hydrogen-bond acceptors (Lipinski definition) is 6. The van der Waals surface area contributed by atoms with Gasteiger partial charge < -0.3 is 11.5 Å². The van der Waals surface area contributed by atoms with Crippen molar-refractivity contribution in [3.63, 3.8) is 0 Å². The van der Waals surface area contributed by atoms with Crippen molar-refractivity contribution in [2.45, 2.75) is 0 Å². The molecular formula is C12H12IN2NaO4. The van der Waals surface area contributed by atoms with Gasteiger partial charge in [0, 0.05) is 11.4 Å². The van der Waals surface area contributed by atoms with Crippen molar-refractivity contribution < 1.29 is 63.4 Å². The zero-order valence-corrected chi connectivity index (χ0v) is 14.9. The Balaban J connectivity index is 0.000000526. The molecule has 0 aromatic heterocycles. The molecule has 0 aliphatic heterocycles. The molecule has 0 amide bonds. The number of nitrogens with two attached hydrogens (primary N) is 2. The van der Waals surface area contributed by atoms with Gasteiger partial charge in [0.25, 0.3) is 0 Å². The molecule has 0 saturated carbocycles. The molecule has 4 N–H and O–H groups in total. The Morgan fingerprint density at radius 1 is 0.600 bits per heavy atom. The van der Waals surface area contributed by atoms with Crippen LogP contribution in [0, 0.1) is 0 Å². The van der Waals surface area contributed by atoms with E-state index in [1.165, 1.54) is 0 Å². The Hall–Kier alpha value is -0.390. The van der Waals surface area contributed by atoms with E-state index in [0.717, 1.165) is 22.5 Å². The fourth-order valence-corrected chi connectivity index (χ4v) is 1.35. The summed E-state index contributed by atoms with van der Waals surface area (Å²) < 4.78 is 34.5. The average molecular weight is 398 g/mol. The minimum Gasteiger partial charge on any atom is -0.399 e. The Bertz CT molecular complexity index is 465. The van der Waals surface area contributed by atoms with Gasteiger partial charge in [0.05, 0.1) is 0 Å². The van der Waals surface area contributed by atoms with Crippen LogP contribution in [0.2, 0.25) is 0 Å². The first-order chi connectivity index (χ1) is 8.75. The van der Waals surface area contributed by atoms with E-state index in [4.69, 9.17) is 25.2 Å². The predicted octanol–water partition coefficient (Wildman–Crippen LogP) is -8.23. The number of benzene rings is 2. The third kappa shape index (κ3) is 8.72. The molecule has 20 heavy (non-hydrogen) atoms. The maximum atomic E-state index is 8.62. The number of halogens is 1. The second-order valence-corrected chi connectivity index (χ2v) is 5.78. The minimum atomic E-state index is -5.94. The molecule has 8 heteroatoms. The van der Waals surface area contributed by atoms with Gasteiger partial charge >= 0.3 is 29.6 Å². The molecule has 0 radical (unpaired) electrons. The minimum absolute atomic E-state index is 0. The van der Waals surface area contributed by atoms with Gasteiger partial charge in [-0.2, -0.15) is 0 Å². The van der Waals surface area contributed by atoms with E-state index in [9.17, 15) is 0 Å². The zero-order chi connectivity index (χ0) is 14.5. The quantitative estimate of drug-likeness (QED) is 0.277. The van der Waals surface area contributed by atoms with Gasteiger partial charge in [0.15, 0.2) is 0 Å². The first-order valence-electron chi connectivity index (χ1n) is 5.09. The summed E-state index contributed by atoms with van der Waals surface area (Å²) >= 11 is -5.94. The molecule has 0 aliphatic carbocycles. The third-order valence-electron chi connectivity index (χ3n) is 2.15. The molecular weight excluding hydrogens is 386 g/mol. The van der Waals surface area contributed by atoms with Crippen LogP contribution >= 0.6 is 0 Å². The Morgan fingerprint density at radius 2 is 0.800 bits per heavy atom. The predicted molar refractivity (Wildman–Crippen MR) is 60.7 cm³/mol. The summed E-state index contributed by atoms with van der Waals surface area (Å²) in [5, 5.41) is 0. The maximum Gasteiger partial charge on any atom is 1.00 e. The van der Waals surface area contributed by atoms with E-state index < -0.39 is 20.1 Å². The Labute approximate surface area is 145 Å². The smallest absolute Gasteiger partial charge is 0.399 e. The number of nitrogen functional groups attached to an aromatic ring is 2. The van der Waals surface area contributed by atoms with Crippen molar-refractivity contribution in [1.29, 1.82) is 0 Å². The van der Waals surface area contributed by atoms with Crippen LogP contribution in [0.1, 0.15) is 0 Å². The van der Waals surface area contributed by atoms with Crippen molar-refractivity contribution in [1.82, 2.24) is 0 Å². The van der Waals surface area contributed by atoms with Crippen molar-refractivity contribution in [3.05, 3.63) is 48.5 Å². The molecule has 0 heterocycles. The monoisotopic (exact) mass is 398 g/mol. The summed E-state index contributed by atoms with van der Waals surface area (Å²) in [6, 6.07) is 15.6. The summed E-state index contributed by atoms with van der Waals surface area (Å²) in [5.41, 5.74) is 15.1. The molecule has 0 fully saturated rings. The maximum absolute atomic E-state index is 8.62. The molecule has 0 aliphatic rings. The van der Waals surface area contributed by atoms with Crippen molar-refractivity contribution in [2.24, 2.45) is 0 Å². The average Bonchev–Trinajstić information content (AvgIpc) is 2.29. The summed E-state index contributed by atoms with van der Waals surface area (Å²) in [4.78, 5) is 0. The molecule has 6 nitrogen and oxygen atoms in total. The van der Waals surface area contributed by atoms with E-state index >= 15 is 0 Å². The summed E-state index contributed by atoms with van der Waals surface area (Å²) in [6.07, 6.45) is 0. The SMILES string of the molecule is Nc1ccc(-c2ccc(N)cc2)cc1.[Na+].[O-][I+3]([O-])([O-])[O-]. The van der Waals surface area contributed by atoms with Crippen LogP contribution in [0.15, 0.2) is 48.5 Å². The summed E-state index contributed by atoms with van der Waals surface area (Å²) in [6.45, 7) is 0. The van der Waals surface area contributed by atoms with Crippen molar-refractivity contribution in [2.75, 3.05) is 11.5 Å². The topological polar surface area (TPSA) is 144 Å². The van der Waals surface area contributed by atoms with Crippen molar-refractivity contribution >= 4 is 11.4 Å². The first-order valence-corrected chi connectivity index (χ1v) is 8.61. The fourth-order valence-electron chi connectivity index (χ4n) is 1.35. The van der Waals surface area contributed by atoms with Crippen LogP contribution < -0.4 is 74.9 Å². The van der Waals surface area contributed by atoms with Crippen molar-refractivity contribution in [3.8, 4) is 11.1 Å². The number of hydrogen-bond donors (Lipinski definition) is 2. The van der Waals surface area contributed by atoms with E-state index in [1.54, 1.807) is 0 Å². The van der Waals surface area contributed by atoms with Crippen LogP contribution in [0.5, 0.6) is 0 Å². The van der Waals surface area contributed by atoms with Gasteiger partial charge in [0.2, 0.25) is 0 Å².